The third kappa shape index (κ3) is 2.13. The summed E-state index contributed by atoms with van der Waals surface area (Å²) in [6, 6.07) is -1.44. The quantitative estimate of drug-likeness (QED) is 0.404. The first-order valence-electron chi connectivity index (χ1n) is 3.96. The predicted octanol–water partition coefficient (Wildman–Crippen LogP) is -1.72. The number of thiol groups is 1. The molecule has 6 heteroatoms. The van der Waals surface area contributed by atoms with Crippen molar-refractivity contribution < 1.29 is 14.7 Å². The van der Waals surface area contributed by atoms with Crippen LogP contribution in [0.4, 0.5) is 0 Å². The zero-order valence-corrected chi connectivity index (χ0v) is 8.04. The van der Waals surface area contributed by atoms with Gasteiger partial charge in [0, 0.05) is 5.75 Å². The smallest absolute Gasteiger partial charge is 0.245 e. The zero-order chi connectivity index (χ0) is 10.0. The number of amides is 2. The van der Waals surface area contributed by atoms with Gasteiger partial charge in [-0.05, 0) is 6.92 Å². The Hall–Kier alpha value is -0.750. The standard InChI is InChI=1S/C7H12N2O3S/c1-3(10)5-7(12)8-4(2-13)6(11)9-5/h3-5,10,13H,2H2,1H3,(H,8,12)(H,9,11)/t3-,4+,5?/m1/s1. The van der Waals surface area contributed by atoms with Crippen LogP contribution in [-0.4, -0.2) is 40.9 Å². The highest BCUT2D eigenvalue weighted by Crippen LogP contribution is 2.02. The molecule has 1 aliphatic rings. The van der Waals surface area contributed by atoms with Gasteiger partial charge in [0.2, 0.25) is 11.8 Å². The maximum absolute atomic E-state index is 11.2. The molecule has 0 aromatic rings. The van der Waals surface area contributed by atoms with Gasteiger partial charge in [-0.3, -0.25) is 9.59 Å². The largest absolute Gasteiger partial charge is 0.391 e. The minimum atomic E-state index is -0.884. The maximum atomic E-state index is 11.2. The Morgan fingerprint density at radius 1 is 1.46 bits per heavy atom. The van der Waals surface area contributed by atoms with Crippen LogP contribution in [0.5, 0.6) is 0 Å². The highest BCUT2D eigenvalue weighted by Gasteiger charge is 2.35. The van der Waals surface area contributed by atoms with Crippen molar-refractivity contribution in [3.8, 4) is 0 Å². The van der Waals surface area contributed by atoms with E-state index >= 15 is 0 Å². The second kappa shape index (κ2) is 3.97. The molecule has 0 spiro atoms. The van der Waals surface area contributed by atoms with E-state index in [1.54, 1.807) is 0 Å². The van der Waals surface area contributed by atoms with Crippen LogP contribution in [0, 0.1) is 0 Å². The minimum Gasteiger partial charge on any atom is -0.391 e. The van der Waals surface area contributed by atoms with Gasteiger partial charge in [0.15, 0.2) is 0 Å². The lowest BCUT2D eigenvalue weighted by Gasteiger charge is -2.30. The Morgan fingerprint density at radius 3 is 2.54 bits per heavy atom. The maximum Gasteiger partial charge on any atom is 0.245 e. The lowest BCUT2D eigenvalue weighted by molar-refractivity contribution is -0.138. The molecule has 0 saturated carbocycles. The molecule has 0 aliphatic carbocycles. The van der Waals surface area contributed by atoms with Crippen LogP contribution in [0.3, 0.4) is 0 Å². The van der Waals surface area contributed by atoms with Crippen LogP contribution < -0.4 is 10.6 Å². The molecule has 3 N–H and O–H groups in total. The average Bonchev–Trinajstić information content (AvgIpc) is 2.07. The first kappa shape index (κ1) is 10.3. The molecule has 1 saturated heterocycles. The number of aliphatic hydroxyl groups excluding tert-OH is 1. The Bertz CT molecular complexity index is 232. The first-order chi connectivity index (χ1) is 6.06. The molecule has 0 aromatic carbocycles. The van der Waals surface area contributed by atoms with E-state index in [-0.39, 0.29) is 17.6 Å². The minimum absolute atomic E-state index is 0.254. The SMILES string of the molecule is C[C@@H](O)C1NC(=O)[C@H](CS)NC1=O. The number of hydrogen-bond donors (Lipinski definition) is 4. The second-order valence-corrected chi connectivity index (χ2v) is 3.34. The first-order valence-corrected chi connectivity index (χ1v) is 4.59. The van der Waals surface area contributed by atoms with E-state index in [0.29, 0.717) is 0 Å². The summed E-state index contributed by atoms with van der Waals surface area (Å²) < 4.78 is 0. The van der Waals surface area contributed by atoms with Crippen molar-refractivity contribution in [2.75, 3.05) is 5.75 Å². The summed E-state index contributed by atoms with van der Waals surface area (Å²) in [5, 5.41) is 14.0. The Morgan fingerprint density at radius 2 is 2.08 bits per heavy atom. The summed E-state index contributed by atoms with van der Waals surface area (Å²) in [5.41, 5.74) is 0. The monoisotopic (exact) mass is 204 g/mol. The summed E-state index contributed by atoms with van der Waals surface area (Å²) in [6.45, 7) is 1.45. The lowest BCUT2D eigenvalue weighted by Crippen LogP contribution is -2.65. The van der Waals surface area contributed by atoms with Gasteiger partial charge in [0.05, 0.1) is 6.10 Å². The fourth-order valence-corrected chi connectivity index (χ4v) is 1.37. The molecule has 2 amide bonds. The third-order valence-electron chi connectivity index (χ3n) is 1.88. The summed E-state index contributed by atoms with van der Waals surface area (Å²) in [4.78, 5) is 22.4. The van der Waals surface area contributed by atoms with Gasteiger partial charge in [-0.15, -0.1) is 0 Å². The number of nitrogens with one attached hydrogen (secondary N) is 2. The van der Waals surface area contributed by atoms with Crippen molar-refractivity contribution >= 4 is 24.4 Å². The van der Waals surface area contributed by atoms with Crippen LogP contribution in [0.15, 0.2) is 0 Å². The number of carbonyl (C=O) groups excluding carboxylic acids is 2. The van der Waals surface area contributed by atoms with E-state index in [4.69, 9.17) is 5.11 Å². The van der Waals surface area contributed by atoms with E-state index in [1.165, 1.54) is 6.92 Å². The topological polar surface area (TPSA) is 78.4 Å². The summed E-state index contributed by atoms with van der Waals surface area (Å²) in [5.74, 6) is -0.418. The molecule has 0 aromatic heterocycles. The molecule has 3 atom stereocenters. The molecule has 1 unspecified atom stereocenters. The van der Waals surface area contributed by atoms with Crippen molar-refractivity contribution in [2.24, 2.45) is 0 Å². The van der Waals surface area contributed by atoms with E-state index < -0.39 is 18.2 Å². The Balaban J connectivity index is 2.67. The number of rotatable bonds is 2. The lowest BCUT2D eigenvalue weighted by atomic mass is 10.1. The van der Waals surface area contributed by atoms with Crippen LogP contribution in [-0.2, 0) is 9.59 Å². The van der Waals surface area contributed by atoms with Crippen LogP contribution in [0.1, 0.15) is 6.92 Å². The van der Waals surface area contributed by atoms with Gasteiger partial charge >= 0.3 is 0 Å². The summed E-state index contributed by atoms with van der Waals surface area (Å²) in [7, 11) is 0. The molecule has 1 fully saturated rings. The molecule has 0 radical (unpaired) electrons. The summed E-state index contributed by atoms with van der Waals surface area (Å²) >= 11 is 3.91. The van der Waals surface area contributed by atoms with E-state index in [0.717, 1.165) is 0 Å². The van der Waals surface area contributed by atoms with Gasteiger partial charge < -0.3 is 15.7 Å². The average molecular weight is 204 g/mol. The molecular formula is C7H12N2O3S. The van der Waals surface area contributed by atoms with Crippen molar-refractivity contribution in [1.29, 1.82) is 0 Å². The number of aliphatic hydroxyl groups is 1. The molecule has 1 aliphatic heterocycles. The van der Waals surface area contributed by atoms with Crippen LogP contribution in [0.25, 0.3) is 0 Å². The summed E-state index contributed by atoms with van der Waals surface area (Å²) in [6.07, 6.45) is -0.884. The van der Waals surface area contributed by atoms with E-state index in [1.807, 2.05) is 0 Å². The van der Waals surface area contributed by atoms with Crippen LogP contribution in [0.2, 0.25) is 0 Å². The zero-order valence-electron chi connectivity index (χ0n) is 7.15. The number of hydrogen-bond acceptors (Lipinski definition) is 4. The Labute approximate surface area is 81.3 Å². The van der Waals surface area contributed by atoms with Gasteiger partial charge in [-0.2, -0.15) is 12.6 Å². The van der Waals surface area contributed by atoms with Gasteiger partial charge in [0.25, 0.3) is 0 Å². The van der Waals surface area contributed by atoms with E-state index in [2.05, 4.69) is 23.3 Å². The number of carbonyl (C=O) groups is 2. The van der Waals surface area contributed by atoms with Crippen molar-refractivity contribution in [2.45, 2.75) is 25.1 Å². The predicted molar refractivity (Wildman–Crippen MR) is 49.4 cm³/mol. The van der Waals surface area contributed by atoms with Crippen molar-refractivity contribution in [1.82, 2.24) is 10.6 Å². The molecule has 0 bridgehead atoms. The van der Waals surface area contributed by atoms with Gasteiger partial charge in [-0.1, -0.05) is 0 Å². The molecule has 1 rings (SSSR count). The van der Waals surface area contributed by atoms with Crippen molar-refractivity contribution in [3.63, 3.8) is 0 Å². The number of piperazine rings is 1. The normalized spacial score (nSPS) is 30.7. The molecule has 74 valence electrons. The fourth-order valence-electron chi connectivity index (χ4n) is 1.11. The molecule has 1 heterocycles. The second-order valence-electron chi connectivity index (χ2n) is 2.97. The molecular weight excluding hydrogens is 192 g/mol. The molecule has 13 heavy (non-hydrogen) atoms. The van der Waals surface area contributed by atoms with Crippen LogP contribution >= 0.6 is 12.6 Å². The highest BCUT2D eigenvalue weighted by molar-refractivity contribution is 7.80. The van der Waals surface area contributed by atoms with E-state index in [9.17, 15) is 9.59 Å². The van der Waals surface area contributed by atoms with Gasteiger partial charge in [-0.25, -0.2) is 0 Å². The van der Waals surface area contributed by atoms with Crippen molar-refractivity contribution in [3.05, 3.63) is 0 Å². The Kier molecular flexibility index (Phi) is 3.16. The fraction of sp³-hybridized carbons (Fsp3) is 0.714. The highest BCUT2D eigenvalue weighted by atomic mass is 32.1. The molecule has 5 nitrogen and oxygen atoms in total. The van der Waals surface area contributed by atoms with Gasteiger partial charge in [0.1, 0.15) is 12.1 Å². The third-order valence-corrected chi connectivity index (χ3v) is 2.24.